The number of hydrogen-bond donors (Lipinski definition) is 2. The van der Waals surface area contributed by atoms with Crippen LogP contribution >= 0.6 is 23.4 Å². The maximum absolute atomic E-state index is 14.2. The average Bonchev–Trinajstić information content (AvgIpc) is 2.97. The fraction of sp³-hybridized carbons (Fsp3) is 0.143. The Labute approximate surface area is 144 Å². The van der Waals surface area contributed by atoms with Gasteiger partial charge in [-0.25, -0.2) is 19.3 Å². The lowest BCUT2D eigenvalue weighted by atomic mass is 10.1. The number of aromatic amines is 1. The third-order valence-corrected chi connectivity index (χ3v) is 4.61. The molecule has 0 amide bonds. The summed E-state index contributed by atoms with van der Waals surface area (Å²) in [5.41, 5.74) is 6.54. The Kier molecular flexibility index (Phi) is 4.54. The van der Waals surface area contributed by atoms with Gasteiger partial charge in [-0.2, -0.15) is 0 Å². The van der Waals surface area contributed by atoms with E-state index in [9.17, 15) is 9.18 Å². The number of aromatic nitrogens is 4. The van der Waals surface area contributed by atoms with Gasteiger partial charge in [-0.3, -0.25) is 4.79 Å². The first-order valence-corrected chi connectivity index (χ1v) is 7.91. The zero-order valence-corrected chi connectivity index (χ0v) is 13.9. The summed E-state index contributed by atoms with van der Waals surface area (Å²) < 4.78 is 19.0. The van der Waals surface area contributed by atoms with E-state index in [0.717, 1.165) is 11.8 Å². The van der Waals surface area contributed by atoms with Crippen LogP contribution in [0, 0.1) is 5.82 Å². The molecule has 0 aliphatic carbocycles. The fourth-order valence-electron chi connectivity index (χ4n) is 2.09. The van der Waals surface area contributed by atoms with E-state index in [1.54, 1.807) is 0 Å². The topological polar surface area (TPSA) is 107 Å². The zero-order valence-electron chi connectivity index (χ0n) is 12.3. The van der Waals surface area contributed by atoms with Crippen molar-refractivity contribution >= 4 is 46.3 Å². The number of nitrogens with two attached hydrogens (primary N) is 1. The molecule has 0 radical (unpaired) electrons. The maximum Gasteiger partial charge on any atom is 0.323 e. The van der Waals surface area contributed by atoms with Gasteiger partial charge >= 0.3 is 5.97 Å². The van der Waals surface area contributed by atoms with Crippen molar-refractivity contribution in [2.24, 2.45) is 0 Å². The number of carbonyl (C=O) groups excluding carboxylic acids is 1. The Hall–Kier alpha value is -2.39. The Morgan fingerprint density at radius 1 is 1.46 bits per heavy atom. The Balaban J connectivity index is 2.03. The molecular formula is C14H11ClFN5O2S. The minimum absolute atomic E-state index is 0.0236. The number of carbonyl (C=O) groups is 1. The van der Waals surface area contributed by atoms with Gasteiger partial charge in [0.25, 0.3) is 0 Å². The Morgan fingerprint density at radius 3 is 2.92 bits per heavy atom. The third kappa shape index (κ3) is 3.00. The van der Waals surface area contributed by atoms with Crippen molar-refractivity contribution in [2.75, 3.05) is 12.8 Å². The van der Waals surface area contributed by atoms with Crippen LogP contribution in [0.15, 0.2) is 29.7 Å². The lowest BCUT2D eigenvalue weighted by Crippen LogP contribution is -2.13. The number of nitrogen functional groups attached to an aromatic ring is 1. The first kappa shape index (κ1) is 16.5. The summed E-state index contributed by atoms with van der Waals surface area (Å²) in [5, 5.41) is -0.612. The molecule has 3 rings (SSSR count). The van der Waals surface area contributed by atoms with Crippen LogP contribution in [0.5, 0.6) is 0 Å². The van der Waals surface area contributed by atoms with Gasteiger partial charge in [-0.15, -0.1) is 0 Å². The molecule has 3 aromatic rings. The smallest absolute Gasteiger partial charge is 0.323 e. The zero-order chi connectivity index (χ0) is 17.3. The third-order valence-electron chi connectivity index (χ3n) is 3.20. The van der Waals surface area contributed by atoms with E-state index in [0.29, 0.717) is 16.3 Å². The molecule has 1 aromatic carbocycles. The van der Waals surface area contributed by atoms with Crippen LogP contribution < -0.4 is 5.73 Å². The van der Waals surface area contributed by atoms with Crippen molar-refractivity contribution in [1.82, 2.24) is 19.9 Å². The van der Waals surface area contributed by atoms with E-state index in [1.807, 2.05) is 0 Å². The summed E-state index contributed by atoms with van der Waals surface area (Å²) in [6.45, 7) is 0. The van der Waals surface area contributed by atoms with Gasteiger partial charge in [0.2, 0.25) is 0 Å². The van der Waals surface area contributed by atoms with Gasteiger partial charge in [-0.1, -0.05) is 29.4 Å². The number of benzene rings is 1. The summed E-state index contributed by atoms with van der Waals surface area (Å²) in [7, 11) is 1.22. The molecule has 1 atom stereocenters. The molecule has 2 aromatic heterocycles. The normalized spacial score (nSPS) is 12.3. The SMILES string of the molecule is COC(=O)C(Sc1nc2ncnc(N)c2[nH]1)c1c(F)cccc1Cl. The minimum atomic E-state index is -1.04. The molecule has 124 valence electrons. The summed E-state index contributed by atoms with van der Waals surface area (Å²) in [6, 6.07) is 4.18. The van der Waals surface area contributed by atoms with Crippen LogP contribution in [0.2, 0.25) is 5.02 Å². The highest BCUT2D eigenvalue weighted by atomic mass is 35.5. The van der Waals surface area contributed by atoms with Gasteiger partial charge in [0, 0.05) is 10.6 Å². The second kappa shape index (κ2) is 6.62. The molecule has 1 unspecified atom stereocenters. The van der Waals surface area contributed by atoms with Crippen molar-refractivity contribution in [3.63, 3.8) is 0 Å². The Bertz CT molecular complexity index is 899. The number of thioether (sulfide) groups is 1. The van der Waals surface area contributed by atoms with Crippen LogP contribution in [0.4, 0.5) is 10.2 Å². The number of methoxy groups -OCH3 is 1. The fourth-order valence-corrected chi connectivity index (χ4v) is 3.50. The number of ether oxygens (including phenoxy) is 1. The van der Waals surface area contributed by atoms with Crippen molar-refractivity contribution < 1.29 is 13.9 Å². The predicted molar refractivity (Wildman–Crippen MR) is 88.1 cm³/mol. The maximum atomic E-state index is 14.2. The first-order valence-electron chi connectivity index (χ1n) is 6.66. The lowest BCUT2D eigenvalue weighted by Gasteiger charge is -2.15. The molecule has 0 aliphatic heterocycles. The monoisotopic (exact) mass is 367 g/mol. The number of nitrogens with one attached hydrogen (secondary N) is 1. The van der Waals surface area contributed by atoms with E-state index in [2.05, 4.69) is 19.9 Å². The van der Waals surface area contributed by atoms with E-state index in [-0.39, 0.29) is 16.4 Å². The summed E-state index contributed by atoms with van der Waals surface area (Å²) in [5.74, 6) is -1.05. The standard InChI is InChI=1S/C14H11ClFN5O2S/c1-23-13(22)10(8-6(15)3-2-4-7(8)16)24-14-20-9-11(17)18-5-19-12(9)21-14/h2-5,10H,1H3,(H3,17,18,19,20,21). The van der Waals surface area contributed by atoms with Crippen LogP contribution in [0.25, 0.3) is 11.2 Å². The summed E-state index contributed by atoms with van der Waals surface area (Å²) >= 11 is 7.01. The van der Waals surface area contributed by atoms with Crippen molar-refractivity contribution in [3.8, 4) is 0 Å². The van der Waals surface area contributed by atoms with Crippen molar-refractivity contribution in [3.05, 3.63) is 40.9 Å². The largest absolute Gasteiger partial charge is 0.468 e. The number of nitrogens with zero attached hydrogens (tertiary/aromatic N) is 3. The van der Waals surface area contributed by atoms with Gasteiger partial charge < -0.3 is 15.5 Å². The van der Waals surface area contributed by atoms with Gasteiger partial charge in [0.05, 0.1) is 7.11 Å². The van der Waals surface area contributed by atoms with Gasteiger partial charge in [0.15, 0.2) is 16.6 Å². The molecule has 0 saturated heterocycles. The lowest BCUT2D eigenvalue weighted by molar-refractivity contribution is -0.140. The number of hydrogen-bond acceptors (Lipinski definition) is 7. The average molecular weight is 368 g/mol. The highest BCUT2D eigenvalue weighted by Gasteiger charge is 2.29. The predicted octanol–water partition coefficient (Wildman–Crippen LogP) is 2.73. The molecule has 0 aliphatic rings. The van der Waals surface area contributed by atoms with Crippen LogP contribution in [0.1, 0.15) is 10.8 Å². The number of rotatable bonds is 4. The molecule has 7 nitrogen and oxygen atoms in total. The first-order chi connectivity index (χ1) is 11.5. The van der Waals surface area contributed by atoms with E-state index in [4.69, 9.17) is 22.1 Å². The van der Waals surface area contributed by atoms with Gasteiger partial charge in [-0.05, 0) is 12.1 Å². The van der Waals surface area contributed by atoms with Crippen LogP contribution in [-0.4, -0.2) is 33.0 Å². The quantitative estimate of drug-likeness (QED) is 0.539. The number of imidazole rings is 1. The molecule has 0 bridgehead atoms. The highest BCUT2D eigenvalue weighted by Crippen LogP contribution is 2.40. The molecule has 10 heteroatoms. The van der Waals surface area contributed by atoms with Crippen LogP contribution in [-0.2, 0) is 9.53 Å². The number of halogens is 2. The number of fused-ring (bicyclic) bond motifs is 1. The van der Waals surface area contributed by atoms with Gasteiger partial charge in [0.1, 0.15) is 22.9 Å². The van der Waals surface area contributed by atoms with Crippen molar-refractivity contribution in [2.45, 2.75) is 10.4 Å². The Morgan fingerprint density at radius 2 is 2.25 bits per heavy atom. The van der Waals surface area contributed by atoms with E-state index in [1.165, 1.54) is 31.6 Å². The van der Waals surface area contributed by atoms with Crippen LogP contribution in [0.3, 0.4) is 0 Å². The molecule has 0 spiro atoms. The highest BCUT2D eigenvalue weighted by molar-refractivity contribution is 8.00. The number of H-pyrrole nitrogens is 1. The number of esters is 1. The van der Waals surface area contributed by atoms with E-state index < -0.39 is 17.0 Å². The van der Waals surface area contributed by atoms with E-state index >= 15 is 0 Å². The minimum Gasteiger partial charge on any atom is -0.468 e. The molecule has 3 N–H and O–H groups in total. The molecule has 0 saturated carbocycles. The second-order valence-corrected chi connectivity index (χ2v) is 6.16. The molecular weight excluding hydrogens is 357 g/mol. The summed E-state index contributed by atoms with van der Waals surface area (Å²) in [6.07, 6.45) is 1.28. The van der Waals surface area contributed by atoms with Crippen molar-refractivity contribution in [1.29, 1.82) is 0 Å². The molecule has 2 heterocycles. The summed E-state index contributed by atoms with van der Waals surface area (Å²) in [4.78, 5) is 27.1. The molecule has 0 fully saturated rings. The molecule has 24 heavy (non-hydrogen) atoms. The second-order valence-electron chi connectivity index (χ2n) is 4.66. The number of anilines is 1.